The number of carbonyl (C=O) groups excluding carboxylic acids is 1. The highest BCUT2D eigenvalue weighted by molar-refractivity contribution is 5.89. The van der Waals surface area contributed by atoms with E-state index in [0.29, 0.717) is 17.1 Å². The van der Waals surface area contributed by atoms with E-state index < -0.39 is 0 Å². The molecule has 3 atom stereocenters. The number of piperidine rings is 1. The van der Waals surface area contributed by atoms with Crippen LogP contribution in [-0.2, 0) is 14.3 Å². The Morgan fingerprint density at radius 2 is 1.97 bits per heavy atom. The molecule has 0 radical (unpaired) electrons. The van der Waals surface area contributed by atoms with Gasteiger partial charge in [0.25, 0.3) is 0 Å². The molecule has 2 aromatic rings. The fraction of sp³-hybridized carbons (Fsp3) is 0.435. The molecule has 7 nitrogen and oxygen atoms in total. The Hall–Kier alpha value is -3.09. The van der Waals surface area contributed by atoms with E-state index in [4.69, 9.17) is 18.9 Å². The first-order valence-corrected chi connectivity index (χ1v) is 10.2. The summed E-state index contributed by atoms with van der Waals surface area (Å²) < 4.78 is 21.8. The summed E-state index contributed by atoms with van der Waals surface area (Å²) in [5.74, 6) is 1.43. The number of benzene rings is 1. The van der Waals surface area contributed by atoms with E-state index in [1.54, 1.807) is 20.5 Å². The zero-order chi connectivity index (χ0) is 21.0. The van der Waals surface area contributed by atoms with E-state index in [2.05, 4.69) is 22.9 Å². The number of ether oxygens (including phenoxy) is 4. The number of hydrogen-bond acceptors (Lipinski definition) is 6. The molecule has 3 aliphatic heterocycles. The lowest BCUT2D eigenvalue weighted by Gasteiger charge is -2.45. The van der Waals surface area contributed by atoms with Gasteiger partial charge >= 0.3 is 5.97 Å². The minimum absolute atomic E-state index is 0.0580. The predicted octanol–water partition coefficient (Wildman–Crippen LogP) is 1.50. The number of esters is 1. The van der Waals surface area contributed by atoms with Crippen LogP contribution in [0.5, 0.6) is 11.5 Å². The first kappa shape index (κ1) is 18.9. The molecule has 30 heavy (non-hydrogen) atoms. The average Bonchev–Trinajstić information content (AvgIpc) is 3.14. The van der Waals surface area contributed by atoms with Crippen molar-refractivity contribution in [3.8, 4) is 11.5 Å². The second-order valence-corrected chi connectivity index (χ2v) is 8.10. The van der Waals surface area contributed by atoms with Gasteiger partial charge < -0.3 is 28.8 Å². The summed E-state index contributed by atoms with van der Waals surface area (Å²) in [6.45, 7) is 3.75. The Balaban J connectivity index is 1.67. The maximum atomic E-state index is 12.4. The van der Waals surface area contributed by atoms with E-state index in [-0.39, 0.29) is 23.9 Å². The fourth-order valence-electron chi connectivity index (χ4n) is 5.11. The highest BCUT2D eigenvalue weighted by Crippen LogP contribution is 2.41. The smallest absolute Gasteiger partial charge is 0.337 e. The molecule has 0 aliphatic carbocycles. The monoisotopic (exact) mass is 410 g/mol. The maximum absolute atomic E-state index is 12.4. The van der Waals surface area contributed by atoms with Crippen LogP contribution in [0, 0.1) is 11.8 Å². The van der Waals surface area contributed by atoms with Crippen molar-refractivity contribution >= 4 is 28.6 Å². The lowest BCUT2D eigenvalue weighted by atomic mass is 9.75. The largest absolute Gasteiger partial charge is 0.497 e. The van der Waals surface area contributed by atoms with Gasteiger partial charge in [0.1, 0.15) is 6.10 Å². The molecule has 4 heterocycles. The summed E-state index contributed by atoms with van der Waals surface area (Å²) in [6.07, 6.45) is 4.68. The van der Waals surface area contributed by atoms with E-state index >= 15 is 0 Å². The predicted molar refractivity (Wildman–Crippen MR) is 112 cm³/mol. The minimum atomic E-state index is -0.306. The van der Waals surface area contributed by atoms with Crippen LogP contribution in [-0.4, -0.2) is 56.4 Å². The van der Waals surface area contributed by atoms with Crippen LogP contribution in [0.1, 0.15) is 13.3 Å². The molecule has 1 aromatic heterocycles. The first-order chi connectivity index (χ1) is 14.5. The van der Waals surface area contributed by atoms with E-state index in [0.717, 1.165) is 35.8 Å². The summed E-state index contributed by atoms with van der Waals surface area (Å²) in [7, 11) is 4.71. The molecule has 1 saturated heterocycles. The highest BCUT2D eigenvalue weighted by Gasteiger charge is 2.43. The van der Waals surface area contributed by atoms with Gasteiger partial charge in [0.2, 0.25) is 0 Å². The Morgan fingerprint density at radius 3 is 2.70 bits per heavy atom. The molecule has 1 N–H and O–H groups in total. The van der Waals surface area contributed by atoms with Gasteiger partial charge in [-0.05, 0) is 19.4 Å². The zero-order valence-electron chi connectivity index (χ0n) is 17.7. The number of H-pyrrole nitrogens is 1. The summed E-state index contributed by atoms with van der Waals surface area (Å²) in [6, 6.07) is 4.01. The van der Waals surface area contributed by atoms with E-state index in [1.807, 2.05) is 12.1 Å². The van der Waals surface area contributed by atoms with Crippen molar-refractivity contribution in [1.29, 1.82) is 0 Å². The molecule has 0 saturated carbocycles. The maximum Gasteiger partial charge on any atom is 0.337 e. The van der Waals surface area contributed by atoms with Gasteiger partial charge in [-0.25, -0.2) is 4.79 Å². The number of aromatic amines is 1. The van der Waals surface area contributed by atoms with E-state index in [9.17, 15) is 4.79 Å². The number of hydrogen-bond donors (Lipinski definition) is 1. The molecule has 1 fully saturated rings. The molecular formula is C23H26N2O5. The number of nitrogens with one attached hydrogen (secondary N) is 1. The molecule has 3 aliphatic rings. The second kappa shape index (κ2) is 7.00. The van der Waals surface area contributed by atoms with Gasteiger partial charge in [-0.2, -0.15) is 0 Å². The van der Waals surface area contributed by atoms with E-state index in [1.165, 1.54) is 18.0 Å². The third-order valence-electron chi connectivity index (χ3n) is 6.72. The molecule has 0 spiro atoms. The average molecular weight is 410 g/mol. The molecule has 1 aromatic carbocycles. The number of methoxy groups -OCH3 is 3. The summed E-state index contributed by atoms with van der Waals surface area (Å²) >= 11 is 0. The molecular weight excluding hydrogens is 384 g/mol. The van der Waals surface area contributed by atoms with Crippen LogP contribution < -0.4 is 20.0 Å². The second-order valence-electron chi connectivity index (χ2n) is 8.10. The number of rotatable bonds is 3. The Kier molecular flexibility index (Phi) is 4.41. The summed E-state index contributed by atoms with van der Waals surface area (Å²) in [4.78, 5) is 18.4. The van der Waals surface area contributed by atoms with Crippen LogP contribution >= 0.6 is 0 Å². The lowest BCUT2D eigenvalue weighted by Crippen LogP contribution is -2.51. The molecule has 0 amide bonds. The topological polar surface area (TPSA) is 73.0 Å². The lowest BCUT2D eigenvalue weighted by molar-refractivity contribution is -0.138. The molecule has 0 bridgehead atoms. The van der Waals surface area contributed by atoms with Crippen molar-refractivity contribution in [3.63, 3.8) is 0 Å². The van der Waals surface area contributed by atoms with Gasteiger partial charge in [-0.15, -0.1) is 0 Å². The third kappa shape index (κ3) is 2.68. The van der Waals surface area contributed by atoms with Gasteiger partial charge in [0.15, 0.2) is 11.5 Å². The van der Waals surface area contributed by atoms with Crippen molar-refractivity contribution in [2.24, 2.45) is 11.8 Å². The normalized spacial score (nSPS) is 24.7. The van der Waals surface area contributed by atoms with Crippen molar-refractivity contribution in [2.75, 3.05) is 34.4 Å². The van der Waals surface area contributed by atoms with Crippen LogP contribution in [0.3, 0.4) is 0 Å². The van der Waals surface area contributed by atoms with Gasteiger partial charge in [0, 0.05) is 47.3 Å². The number of nitrogens with zero attached hydrogens (tertiary/aromatic N) is 1. The highest BCUT2D eigenvalue weighted by atomic mass is 16.5. The zero-order valence-corrected chi connectivity index (χ0v) is 17.7. The standard InChI is InChI=1S/C23H26N2O5/c1-12-16-10-25-6-5-13-15-8-20(27-2)21(28-3)9-18(15)24-22(13)19(25)7-14(16)17(11-30-12)23(26)29-4/h5,8-9,11-12,14,16,24H,6-7,10H2,1-4H3. The fourth-order valence-corrected chi connectivity index (χ4v) is 5.11. The van der Waals surface area contributed by atoms with Crippen LogP contribution in [0.15, 0.2) is 24.0 Å². The molecule has 3 unspecified atom stereocenters. The van der Waals surface area contributed by atoms with Crippen molar-refractivity contribution < 1.29 is 23.7 Å². The van der Waals surface area contributed by atoms with Gasteiger partial charge in [0.05, 0.1) is 44.0 Å². The van der Waals surface area contributed by atoms with Gasteiger partial charge in [-0.1, -0.05) is 6.08 Å². The van der Waals surface area contributed by atoms with Crippen molar-refractivity contribution in [1.82, 2.24) is 9.88 Å². The first-order valence-electron chi connectivity index (χ1n) is 10.2. The SMILES string of the molecule is COC(=O)C1=COC(C)C2CN3CC=c4c([nH]c5cc(OC)c(OC)cc45)=C3CC12. The number of fused-ring (bicyclic) bond motifs is 5. The molecule has 7 heteroatoms. The van der Waals surface area contributed by atoms with Crippen LogP contribution in [0.4, 0.5) is 0 Å². The Morgan fingerprint density at radius 1 is 1.20 bits per heavy atom. The number of aromatic nitrogens is 1. The van der Waals surface area contributed by atoms with Crippen LogP contribution in [0.25, 0.3) is 22.7 Å². The summed E-state index contributed by atoms with van der Waals surface area (Å²) in [5, 5.41) is 3.40. The van der Waals surface area contributed by atoms with Crippen molar-refractivity contribution in [2.45, 2.75) is 19.4 Å². The molecule has 5 rings (SSSR count). The van der Waals surface area contributed by atoms with Gasteiger partial charge in [-0.3, -0.25) is 0 Å². The quantitative estimate of drug-likeness (QED) is 0.774. The summed E-state index contributed by atoms with van der Waals surface area (Å²) in [5.41, 5.74) is 2.87. The Labute approximate surface area is 174 Å². The molecule has 158 valence electrons. The Bertz CT molecular complexity index is 1180. The number of carbonyl (C=O) groups is 1. The third-order valence-corrected chi connectivity index (χ3v) is 6.72. The van der Waals surface area contributed by atoms with Crippen molar-refractivity contribution in [3.05, 3.63) is 34.5 Å². The minimum Gasteiger partial charge on any atom is -0.497 e. The van der Waals surface area contributed by atoms with Crippen LogP contribution in [0.2, 0.25) is 0 Å².